The summed E-state index contributed by atoms with van der Waals surface area (Å²) >= 11 is 5.89. The number of hydrogen-bond donors (Lipinski definition) is 4. The van der Waals surface area contributed by atoms with Crippen LogP contribution in [0.1, 0.15) is 36.2 Å². The molecule has 43 heavy (non-hydrogen) atoms. The summed E-state index contributed by atoms with van der Waals surface area (Å²) < 4.78 is 3.30. The molecule has 5 heterocycles. The smallest absolute Gasteiger partial charge is 0.334 e. The van der Waals surface area contributed by atoms with Crippen LogP contribution in [0.2, 0.25) is 5.15 Å². The van der Waals surface area contributed by atoms with Crippen LogP contribution in [-0.2, 0) is 11.3 Å². The number of aryl methyl sites for hydroxylation is 1. The Bertz CT molecular complexity index is 1790. The fourth-order valence-corrected chi connectivity index (χ4v) is 5.68. The van der Waals surface area contributed by atoms with Crippen molar-refractivity contribution in [3.63, 3.8) is 0 Å². The highest BCUT2D eigenvalue weighted by Gasteiger charge is 2.40. The number of carbonyl (C=O) groups excluding carboxylic acids is 2. The maximum absolute atomic E-state index is 13.4. The molecule has 2 amide bonds. The number of guanidine groups is 1. The third-order valence-corrected chi connectivity index (χ3v) is 8.11. The summed E-state index contributed by atoms with van der Waals surface area (Å²) in [6.07, 6.45) is 3.82. The summed E-state index contributed by atoms with van der Waals surface area (Å²) in [5.74, 6) is 0.0932. The second kappa shape index (κ2) is 11.4. The van der Waals surface area contributed by atoms with Crippen molar-refractivity contribution < 1.29 is 9.59 Å². The van der Waals surface area contributed by atoms with E-state index in [-0.39, 0.29) is 39.6 Å². The first kappa shape index (κ1) is 28.2. The number of imidazole rings is 1. The lowest BCUT2D eigenvalue weighted by molar-refractivity contribution is -0.132. The molecule has 14 nitrogen and oxygen atoms in total. The summed E-state index contributed by atoms with van der Waals surface area (Å²) in [6.45, 7) is 1.97. The molecule has 3 aromatic heterocycles. The molecule has 6 rings (SSSR count). The molecule has 1 aromatic carbocycles. The highest BCUT2D eigenvalue weighted by atomic mass is 35.5. The van der Waals surface area contributed by atoms with E-state index in [1.807, 2.05) is 35.2 Å². The molecule has 0 saturated carbocycles. The lowest BCUT2D eigenvalue weighted by Crippen LogP contribution is -2.57. The fourth-order valence-electron chi connectivity index (χ4n) is 5.55. The summed E-state index contributed by atoms with van der Waals surface area (Å²) in [7, 11) is 0. The molecular weight excluding hydrogens is 574 g/mol. The maximum Gasteiger partial charge on any atom is 0.334 e. The number of benzene rings is 1. The number of nitrogens with two attached hydrogens (primary N) is 2. The van der Waals surface area contributed by atoms with Crippen LogP contribution in [0.4, 0.5) is 11.6 Å². The minimum absolute atomic E-state index is 0.0399. The minimum Gasteiger partial charge on any atom is -0.382 e. The SMILES string of the molecule is Nc1nc(N)c(C(=O)NC2=NCC3(CCN(C(=O)CCCn4c(=O)n(-c5ccccn5)c5ccccc54)CC3)N2)nc1Cl. The van der Waals surface area contributed by atoms with Gasteiger partial charge in [0.15, 0.2) is 28.4 Å². The number of pyridine rings is 1. The van der Waals surface area contributed by atoms with E-state index in [1.54, 1.807) is 27.5 Å². The fraction of sp³-hybridized carbons (Fsp3) is 0.321. The van der Waals surface area contributed by atoms with Gasteiger partial charge < -0.3 is 21.7 Å². The summed E-state index contributed by atoms with van der Waals surface area (Å²) in [5.41, 5.74) is 12.2. The van der Waals surface area contributed by atoms with E-state index in [2.05, 4.69) is 30.6 Å². The number of nitrogen functional groups attached to an aromatic ring is 2. The largest absolute Gasteiger partial charge is 0.382 e. The molecule has 1 fully saturated rings. The van der Waals surface area contributed by atoms with Gasteiger partial charge in [-0.15, -0.1) is 0 Å². The Labute approximate surface area is 250 Å². The number of likely N-dealkylation sites (tertiary alicyclic amines) is 1. The van der Waals surface area contributed by atoms with Gasteiger partial charge in [0.05, 0.1) is 23.1 Å². The monoisotopic (exact) mass is 603 g/mol. The number of halogens is 1. The minimum atomic E-state index is -0.606. The number of fused-ring (bicyclic) bond motifs is 1. The number of rotatable bonds is 6. The predicted octanol–water partition coefficient (Wildman–Crippen LogP) is 1.33. The summed E-state index contributed by atoms with van der Waals surface area (Å²) in [6, 6.07) is 13.0. The molecule has 222 valence electrons. The first-order valence-electron chi connectivity index (χ1n) is 13.9. The van der Waals surface area contributed by atoms with Crippen molar-refractivity contribution in [2.75, 3.05) is 31.1 Å². The van der Waals surface area contributed by atoms with Crippen molar-refractivity contribution >= 4 is 52.0 Å². The van der Waals surface area contributed by atoms with Crippen LogP contribution in [0.5, 0.6) is 0 Å². The standard InChI is InChI=1S/C28H30ClN11O3/c29-22-24(31)35-23(30)21(34-22)25(42)36-26-33-16-28(37-26)10-14-38(15-11-28)20(41)9-5-13-39-17-6-1-2-7-18(17)40(27(39)43)19-8-3-4-12-32-19/h1-4,6-8,12H,5,9-11,13-16H2,(H4,30,31,35)(H2,33,36,37,42). The van der Waals surface area contributed by atoms with Crippen molar-refractivity contribution in [3.05, 3.63) is 70.0 Å². The van der Waals surface area contributed by atoms with Gasteiger partial charge in [-0.1, -0.05) is 29.8 Å². The Hall–Kier alpha value is -4.98. The van der Waals surface area contributed by atoms with Gasteiger partial charge in [0, 0.05) is 32.3 Å². The van der Waals surface area contributed by atoms with Crippen LogP contribution < -0.4 is 27.8 Å². The molecule has 15 heteroatoms. The van der Waals surface area contributed by atoms with E-state index < -0.39 is 5.91 Å². The van der Waals surface area contributed by atoms with E-state index in [9.17, 15) is 14.4 Å². The Morgan fingerprint density at radius 2 is 1.77 bits per heavy atom. The number of para-hydroxylation sites is 2. The number of aromatic nitrogens is 5. The molecule has 0 atom stereocenters. The Morgan fingerprint density at radius 1 is 1.02 bits per heavy atom. The second-order valence-electron chi connectivity index (χ2n) is 10.6. The number of aliphatic imine (C=N–C) groups is 1. The van der Waals surface area contributed by atoms with Crippen LogP contribution in [0, 0.1) is 0 Å². The quantitative estimate of drug-likeness (QED) is 0.252. The van der Waals surface area contributed by atoms with E-state index in [0.29, 0.717) is 63.6 Å². The van der Waals surface area contributed by atoms with Crippen molar-refractivity contribution in [3.8, 4) is 5.82 Å². The van der Waals surface area contributed by atoms with E-state index >= 15 is 0 Å². The average Bonchev–Trinajstić information content (AvgIpc) is 3.52. The lowest BCUT2D eigenvalue weighted by atomic mass is 9.88. The third kappa shape index (κ3) is 5.48. The molecular formula is C28H30ClN11O3. The number of amides is 2. The molecule has 6 N–H and O–H groups in total. The van der Waals surface area contributed by atoms with Gasteiger partial charge in [-0.2, -0.15) is 0 Å². The van der Waals surface area contributed by atoms with Crippen LogP contribution >= 0.6 is 11.6 Å². The first-order chi connectivity index (χ1) is 20.7. The summed E-state index contributed by atoms with van der Waals surface area (Å²) in [4.78, 5) is 57.5. The van der Waals surface area contributed by atoms with Gasteiger partial charge in [-0.05, 0) is 43.5 Å². The lowest BCUT2D eigenvalue weighted by Gasteiger charge is -2.39. The van der Waals surface area contributed by atoms with Gasteiger partial charge in [-0.25, -0.2) is 24.3 Å². The number of anilines is 2. The normalized spacial score (nSPS) is 15.8. The Morgan fingerprint density at radius 3 is 2.51 bits per heavy atom. The molecule has 1 spiro atoms. The Balaban J connectivity index is 1.02. The molecule has 0 unspecified atom stereocenters. The van der Waals surface area contributed by atoms with Crippen LogP contribution in [0.3, 0.4) is 0 Å². The maximum atomic E-state index is 13.4. The Kier molecular flexibility index (Phi) is 7.44. The summed E-state index contributed by atoms with van der Waals surface area (Å²) in [5, 5.41) is 5.86. The highest BCUT2D eigenvalue weighted by molar-refractivity contribution is 6.31. The molecule has 2 aliphatic rings. The zero-order chi connectivity index (χ0) is 30.1. The number of nitrogens with zero attached hydrogens (tertiary/aromatic N) is 7. The average molecular weight is 604 g/mol. The van der Waals surface area contributed by atoms with E-state index in [1.165, 1.54) is 0 Å². The molecule has 2 aliphatic heterocycles. The van der Waals surface area contributed by atoms with Gasteiger partial charge in [0.2, 0.25) is 5.91 Å². The second-order valence-corrected chi connectivity index (χ2v) is 10.9. The molecule has 1 saturated heterocycles. The third-order valence-electron chi connectivity index (χ3n) is 7.83. The van der Waals surface area contributed by atoms with Crippen molar-refractivity contribution in [2.45, 2.75) is 37.8 Å². The number of nitrogens with one attached hydrogen (secondary N) is 2. The van der Waals surface area contributed by atoms with Crippen molar-refractivity contribution in [1.29, 1.82) is 0 Å². The van der Waals surface area contributed by atoms with Crippen molar-refractivity contribution in [1.82, 2.24) is 39.6 Å². The molecule has 0 aliphatic carbocycles. The zero-order valence-electron chi connectivity index (χ0n) is 23.2. The number of hydrogen-bond acceptors (Lipinski definition) is 10. The number of piperidine rings is 1. The van der Waals surface area contributed by atoms with Crippen LogP contribution in [-0.4, -0.2) is 71.9 Å². The first-order valence-corrected chi connectivity index (χ1v) is 14.2. The van der Waals surface area contributed by atoms with Gasteiger partial charge >= 0.3 is 5.69 Å². The highest BCUT2D eigenvalue weighted by Crippen LogP contribution is 2.27. The zero-order valence-corrected chi connectivity index (χ0v) is 23.9. The van der Waals surface area contributed by atoms with E-state index in [0.717, 1.165) is 11.0 Å². The van der Waals surface area contributed by atoms with Crippen LogP contribution in [0.25, 0.3) is 16.9 Å². The van der Waals surface area contributed by atoms with E-state index in [4.69, 9.17) is 23.1 Å². The van der Waals surface area contributed by atoms with Crippen LogP contribution in [0.15, 0.2) is 58.4 Å². The van der Waals surface area contributed by atoms with Gasteiger partial charge in [-0.3, -0.25) is 24.5 Å². The van der Waals surface area contributed by atoms with Gasteiger partial charge in [0.25, 0.3) is 5.91 Å². The topological polar surface area (TPSA) is 191 Å². The molecule has 0 radical (unpaired) electrons. The van der Waals surface area contributed by atoms with Crippen molar-refractivity contribution in [2.24, 2.45) is 4.99 Å². The molecule has 0 bridgehead atoms. The molecule has 4 aromatic rings. The predicted molar refractivity (Wildman–Crippen MR) is 162 cm³/mol. The van der Waals surface area contributed by atoms with Gasteiger partial charge in [0.1, 0.15) is 5.82 Å². The number of carbonyl (C=O) groups is 2.